The molecule has 0 heterocycles. The first-order chi connectivity index (χ1) is 17.5. The lowest BCUT2D eigenvalue weighted by Crippen LogP contribution is -2.17. The van der Waals surface area contributed by atoms with Crippen LogP contribution in [0.5, 0.6) is 5.75 Å². The molecule has 0 radical (unpaired) electrons. The number of benzene rings is 3. The number of carbonyl (C=O) groups is 4. The molecule has 0 fully saturated rings. The predicted octanol–water partition coefficient (Wildman–Crippen LogP) is 4.11. The number of rotatable bonds is 11. The average molecular weight is 524 g/mol. The molecular formula is C27H25NO8S. The summed E-state index contributed by atoms with van der Waals surface area (Å²) < 4.78 is 34.8. The standard InChI is InChI=1S/C27H25NO8S/c1-18-3-13-24(14-4-18)37(33,34)36-23-11-7-21(8-12-23)25(30)17-35-27(32)16-15-26(31)28-22-9-5-20(6-10-22)19(2)29/h3-14H,15-17H2,1-2H3,(H,28,31). The summed E-state index contributed by atoms with van der Waals surface area (Å²) in [6.45, 7) is 2.74. The van der Waals surface area contributed by atoms with Gasteiger partial charge in [0.05, 0.1) is 6.42 Å². The lowest BCUT2D eigenvalue weighted by atomic mass is 10.1. The second-order valence-corrected chi connectivity index (χ2v) is 9.69. The quantitative estimate of drug-likeness (QED) is 0.226. The highest BCUT2D eigenvalue weighted by Gasteiger charge is 2.17. The molecule has 0 unspecified atom stereocenters. The molecule has 3 rings (SSSR count). The van der Waals surface area contributed by atoms with Crippen LogP contribution in [0.4, 0.5) is 5.69 Å². The van der Waals surface area contributed by atoms with Gasteiger partial charge in [-0.15, -0.1) is 0 Å². The lowest BCUT2D eigenvalue weighted by molar-refractivity contribution is -0.143. The van der Waals surface area contributed by atoms with Gasteiger partial charge in [-0.3, -0.25) is 19.2 Å². The maximum Gasteiger partial charge on any atom is 0.339 e. The summed E-state index contributed by atoms with van der Waals surface area (Å²) in [6, 6.07) is 17.9. The highest BCUT2D eigenvalue weighted by Crippen LogP contribution is 2.20. The Morgan fingerprint density at radius 3 is 1.97 bits per heavy atom. The summed E-state index contributed by atoms with van der Waals surface area (Å²) in [5.74, 6) is -1.72. The van der Waals surface area contributed by atoms with E-state index < -0.39 is 34.4 Å². The van der Waals surface area contributed by atoms with Gasteiger partial charge in [-0.2, -0.15) is 8.42 Å². The normalized spacial score (nSPS) is 10.9. The molecule has 0 aliphatic carbocycles. The van der Waals surface area contributed by atoms with Gasteiger partial charge < -0.3 is 14.2 Å². The number of hydrogen-bond donors (Lipinski definition) is 1. The van der Waals surface area contributed by atoms with Crippen LogP contribution in [0.2, 0.25) is 0 Å². The van der Waals surface area contributed by atoms with E-state index in [4.69, 9.17) is 8.92 Å². The van der Waals surface area contributed by atoms with Crippen molar-refractivity contribution in [2.45, 2.75) is 31.6 Å². The smallest absolute Gasteiger partial charge is 0.339 e. The van der Waals surface area contributed by atoms with Gasteiger partial charge >= 0.3 is 16.1 Å². The van der Waals surface area contributed by atoms with Gasteiger partial charge in [0.25, 0.3) is 0 Å². The van der Waals surface area contributed by atoms with Crippen LogP contribution in [0.1, 0.15) is 46.0 Å². The number of carbonyl (C=O) groups excluding carboxylic acids is 4. The third kappa shape index (κ3) is 8.11. The first kappa shape index (κ1) is 27.3. The molecule has 9 nitrogen and oxygen atoms in total. The van der Waals surface area contributed by atoms with Crippen molar-refractivity contribution < 1.29 is 36.5 Å². The molecule has 0 saturated carbocycles. The fraction of sp³-hybridized carbons (Fsp3) is 0.185. The molecule has 3 aromatic rings. The Morgan fingerprint density at radius 2 is 1.38 bits per heavy atom. The van der Waals surface area contributed by atoms with E-state index in [1.165, 1.54) is 43.3 Å². The minimum Gasteiger partial charge on any atom is -0.457 e. The van der Waals surface area contributed by atoms with Crippen molar-refractivity contribution in [3.05, 3.63) is 89.5 Å². The fourth-order valence-corrected chi connectivity index (χ4v) is 4.04. The maximum absolute atomic E-state index is 12.4. The Bertz CT molecular complexity index is 1390. The summed E-state index contributed by atoms with van der Waals surface area (Å²) >= 11 is 0. The number of ether oxygens (including phenoxy) is 1. The van der Waals surface area contributed by atoms with E-state index >= 15 is 0 Å². The van der Waals surface area contributed by atoms with Crippen molar-refractivity contribution in [3.8, 4) is 5.75 Å². The van der Waals surface area contributed by atoms with Gasteiger partial charge in [-0.05, 0) is 74.5 Å². The Labute approximate surface area is 214 Å². The van der Waals surface area contributed by atoms with E-state index in [1.54, 1.807) is 36.4 Å². The molecule has 1 amide bonds. The molecule has 0 aliphatic heterocycles. The summed E-state index contributed by atoms with van der Waals surface area (Å²) in [7, 11) is -4.02. The molecule has 0 atom stereocenters. The minimum atomic E-state index is -4.02. The molecule has 192 valence electrons. The van der Waals surface area contributed by atoms with E-state index in [0.29, 0.717) is 11.3 Å². The van der Waals surface area contributed by atoms with Crippen LogP contribution < -0.4 is 9.50 Å². The highest BCUT2D eigenvalue weighted by molar-refractivity contribution is 7.87. The summed E-state index contributed by atoms with van der Waals surface area (Å²) in [4.78, 5) is 47.6. The number of nitrogens with one attached hydrogen (secondary N) is 1. The van der Waals surface area contributed by atoms with Gasteiger partial charge in [0, 0.05) is 23.2 Å². The van der Waals surface area contributed by atoms with Crippen molar-refractivity contribution in [3.63, 3.8) is 0 Å². The predicted molar refractivity (Wildman–Crippen MR) is 135 cm³/mol. The van der Waals surface area contributed by atoms with Crippen LogP contribution in [-0.4, -0.2) is 38.5 Å². The zero-order valence-corrected chi connectivity index (χ0v) is 21.0. The minimum absolute atomic E-state index is 0.00438. The first-order valence-corrected chi connectivity index (χ1v) is 12.7. The molecular weight excluding hydrogens is 498 g/mol. The van der Waals surface area contributed by atoms with Crippen molar-refractivity contribution in [1.82, 2.24) is 0 Å². The average Bonchev–Trinajstić information content (AvgIpc) is 2.87. The molecule has 3 aromatic carbocycles. The van der Waals surface area contributed by atoms with Crippen LogP contribution in [0.3, 0.4) is 0 Å². The van der Waals surface area contributed by atoms with Gasteiger partial charge in [0.1, 0.15) is 10.6 Å². The van der Waals surface area contributed by atoms with Gasteiger partial charge in [-0.25, -0.2) is 0 Å². The van der Waals surface area contributed by atoms with E-state index in [1.807, 2.05) is 6.92 Å². The number of aryl methyl sites for hydroxylation is 1. The number of ketones is 2. The summed E-state index contributed by atoms with van der Waals surface area (Å²) in [6.07, 6.45) is -0.378. The van der Waals surface area contributed by atoms with Crippen LogP contribution in [-0.2, 0) is 24.4 Å². The fourth-order valence-electron chi connectivity index (χ4n) is 3.11. The van der Waals surface area contributed by atoms with Crippen molar-refractivity contribution in [2.75, 3.05) is 11.9 Å². The molecule has 0 saturated heterocycles. The van der Waals surface area contributed by atoms with Crippen LogP contribution in [0, 0.1) is 6.92 Å². The monoisotopic (exact) mass is 523 g/mol. The third-order valence-corrected chi connectivity index (χ3v) is 6.45. The molecule has 0 spiro atoms. The van der Waals surface area contributed by atoms with Crippen molar-refractivity contribution >= 4 is 39.2 Å². The van der Waals surface area contributed by atoms with Crippen molar-refractivity contribution in [2.24, 2.45) is 0 Å². The largest absolute Gasteiger partial charge is 0.457 e. The Morgan fingerprint density at radius 1 is 0.784 bits per heavy atom. The van der Waals surface area contributed by atoms with Gasteiger partial charge in [0.15, 0.2) is 18.2 Å². The van der Waals surface area contributed by atoms with E-state index in [9.17, 15) is 27.6 Å². The molecule has 37 heavy (non-hydrogen) atoms. The second kappa shape index (κ2) is 12.1. The topological polar surface area (TPSA) is 133 Å². The summed E-state index contributed by atoms with van der Waals surface area (Å²) in [5, 5.41) is 2.61. The third-order valence-electron chi connectivity index (χ3n) is 5.19. The van der Waals surface area contributed by atoms with E-state index in [-0.39, 0.29) is 34.8 Å². The Kier molecular flexibility index (Phi) is 8.91. The summed E-state index contributed by atoms with van der Waals surface area (Å²) in [5.41, 5.74) is 2.10. The maximum atomic E-state index is 12.4. The lowest BCUT2D eigenvalue weighted by Gasteiger charge is -2.08. The number of esters is 1. The molecule has 0 aromatic heterocycles. The number of amides is 1. The molecule has 0 aliphatic rings. The molecule has 0 bridgehead atoms. The second-order valence-electron chi connectivity index (χ2n) is 8.14. The van der Waals surface area contributed by atoms with Gasteiger partial charge in [-0.1, -0.05) is 17.7 Å². The van der Waals surface area contributed by atoms with Gasteiger partial charge in [0.2, 0.25) is 5.91 Å². The Balaban J connectivity index is 1.44. The zero-order valence-electron chi connectivity index (χ0n) is 20.2. The number of hydrogen-bond acceptors (Lipinski definition) is 8. The number of anilines is 1. The molecule has 1 N–H and O–H groups in total. The SMILES string of the molecule is CC(=O)c1ccc(NC(=O)CCC(=O)OCC(=O)c2ccc(OS(=O)(=O)c3ccc(C)cc3)cc2)cc1. The van der Waals surface area contributed by atoms with E-state index in [2.05, 4.69) is 5.32 Å². The Hall–Kier alpha value is -4.31. The highest BCUT2D eigenvalue weighted by atomic mass is 32.2. The van der Waals surface area contributed by atoms with Crippen LogP contribution in [0.25, 0.3) is 0 Å². The van der Waals surface area contributed by atoms with E-state index in [0.717, 1.165) is 5.56 Å². The van der Waals surface area contributed by atoms with Crippen molar-refractivity contribution in [1.29, 1.82) is 0 Å². The van der Waals surface area contributed by atoms with Crippen LogP contribution >= 0.6 is 0 Å². The first-order valence-electron chi connectivity index (χ1n) is 11.2. The molecule has 10 heteroatoms. The zero-order chi connectivity index (χ0) is 27.0. The number of Topliss-reactive ketones (excluding diaryl/α,β-unsaturated/α-hetero) is 2. The van der Waals surface area contributed by atoms with Crippen LogP contribution in [0.15, 0.2) is 77.7 Å².